The van der Waals surface area contributed by atoms with E-state index in [9.17, 15) is 4.79 Å². The first-order chi connectivity index (χ1) is 7.16. The molecule has 15 heavy (non-hydrogen) atoms. The van der Waals surface area contributed by atoms with Crippen LogP contribution in [0.3, 0.4) is 0 Å². The molecule has 6 heteroatoms. The summed E-state index contributed by atoms with van der Waals surface area (Å²) < 4.78 is 0. The van der Waals surface area contributed by atoms with Crippen LogP contribution in [0.25, 0.3) is 5.57 Å². The minimum Gasteiger partial charge on any atom is -0.481 e. The summed E-state index contributed by atoms with van der Waals surface area (Å²) in [5.74, 6) is -0.971. The predicted molar refractivity (Wildman–Crippen MR) is 57.3 cm³/mol. The number of hydrogen-bond donors (Lipinski definition) is 2. The van der Waals surface area contributed by atoms with E-state index in [4.69, 9.17) is 10.8 Å². The van der Waals surface area contributed by atoms with Gasteiger partial charge in [-0.2, -0.15) is 0 Å². The summed E-state index contributed by atoms with van der Waals surface area (Å²) in [4.78, 5) is 10.7. The standard InChI is InChI=1S/C9H11N3O2S/c10-9-12-11-7(15-9)5-1-3-6(4-2-5)8(13)14/h1,6H,2-4H2,(H2,10,12)(H,13,14). The molecule has 0 saturated heterocycles. The number of rotatable bonds is 2. The van der Waals surface area contributed by atoms with Gasteiger partial charge in [0.05, 0.1) is 5.92 Å². The minimum absolute atomic E-state index is 0.251. The first kappa shape index (κ1) is 10.1. The average molecular weight is 225 g/mol. The molecule has 0 aliphatic heterocycles. The van der Waals surface area contributed by atoms with E-state index < -0.39 is 5.97 Å². The number of nitrogens with zero attached hydrogens (tertiary/aromatic N) is 2. The molecule has 0 radical (unpaired) electrons. The first-order valence-electron chi connectivity index (χ1n) is 4.68. The van der Waals surface area contributed by atoms with Crippen LogP contribution in [-0.2, 0) is 4.79 Å². The van der Waals surface area contributed by atoms with Gasteiger partial charge >= 0.3 is 5.97 Å². The number of carboxylic acids is 1. The Bertz CT molecular complexity index is 413. The highest BCUT2D eigenvalue weighted by Crippen LogP contribution is 2.32. The second-order valence-corrected chi connectivity index (χ2v) is 4.49. The number of nitrogens with two attached hydrogens (primary N) is 1. The molecule has 0 fully saturated rings. The number of aromatic nitrogens is 2. The molecule has 0 aromatic carbocycles. The number of nitrogen functional groups attached to an aromatic ring is 1. The Morgan fingerprint density at radius 3 is 2.87 bits per heavy atom. The Morgan fingerprint density at radius 2 is 2.40 bits per heavy atom. The maximum atomic E-state index is 10.7. The van der Waals surface area contributed by atoms with Crippen LogP contribution in [0.1, 0.15) is 24.3 Å². The molecule has 0 spiro atoms. The van der Waals surface area contributed by atoms with Crippen molar-refractivity contribution in [1.29, 1.82) is 0 Å². The van der Waals surface area contributed by atoms with Crippen LogP contribution in [0.2, 0.25) is 0 Å². The molecule has 80 valence electrons. The topological polar surface area (TPSA) is 89.1 Å². The number of carboxylic acid groups (broad SMARTS) is 1. The third kappa shape index (κ3) is 2.15. The molecule has 1 aliphatic rings. The summed E-state index contributed by atoms with van der Waals surface area (Å²) in [6.07, 6.45) is 3.92. The molecule has 0 bridgehead atoms. The lowest BCUT2D eigenvalue weighted by molar-refractivity contribution is -0.141. The minimum atomic E-state index is -0.720. The summed E-state index contributed by atoms with van der Waals surface area (Å²) >= 11 is 1.34. The summed E-state index contributed by atoms with van der Waals surface area (Å²) in [6.45, 7) is 0. The van der Waals surface area contributed by atoms with Crippen molar-refractivity contribution in [3.63, 3.8) is 0 Å². The van der Waals surface area contributed by atoms with Crippen LogP contribution >= 0.6 is 11.3 Å². The molecule has 2 rings (SSSR count). The second kappa shape index (κ2) is 3.98. The highest BCUT2D eigenvalue weighted by atomic mass is 32.1. The lowest BCUT2D eigenvalue weighted by atomic mass is 9.90. The van der Waals surface area contributed by atoms with Crippen molar-refractivity contribution < 1.29 is 9.90 Å². The molecular formula is C9H11N3O2S. The molecular weight excluding hydrogens is 214 g/mol. The SMILES string of the molecule is Nc1nnc(C2=CCC(C(=O)O)CC2)s1. The monoisotopic (exact) mass is 225 g/mol. The van der Waals surface area contributed by atoms with E-state index in [2.05, 4.69) is 10.2 Å². The van der Waals surface area contributed by atoms with Crippen LogP contribution < -0.4 is 5.73 Å². The van der Waals surface area contributed by atoms with Crippen molar-refractivity contribution >= 4 is 28.0 Å². The van der Waals surface area contributed by atoms with Crippen molar-refractivity contribution in [2.75, 3.05) is 5.73 Å². The fourth-order valence-electron chi connectivity index (χ4n) is 1.62. The van der Waals surface area contributed by atoms with E-state index in [0.29, 0.717) is 18.0 Å². The zero-order chi connectivity index (χ0) is 10.8. The third-order valence-electron chi connectivity index (χ3n) is 2.48. The van der Waals surface area contributed by atoms with Crippen molar-refractivity contribution in [3.8, 4) is 0 Å². The van der Waals surface area contributed by atoms with Crippen LogP contribution in [0, 0.1) is 5.92 Å². The van der Waals surface area contributed by atoms with Crippen molar-refractivity contribution in [1.82, 2.24) is 10.2 Å². The molecule has 0 saturated carbocycles. The van der Waals surface area contributed by atoms with Crippen molar-refractivity contribution in [3.05, 3.63) is 11.1 Å². The zero-order valence-corrected chi connectivity index (χ0v) is 8.83. The van der Waals surface area contributed by atoms with E-state index >= 15 is 0 Å². The van der Waals surface area contributed by atoms with Gasteiger partial charge in [0.1, 0.15) is 5.01 Å². The van der Waals surface area contributed by atoms with E-state index in [-0.39, 0.29) is 5.92 Å². The molecule has 3 N–H and O–H groups in total. The lowest BCUT2D eigenvalue weighted by Gasteiger charge is -2.16. The third-order valence-corrected chi connectivity index (χ3v) is 3.30. The fourth-order valence-corrected chi connectivity index (χ4v) is 2.29. The van der Waals surface area contributed by atoms with Crippen LogP contribution in [0.4, 0.5) is 5.13 Å². The molecule has 0 amide bonds. The molecule has 1 aromatic rings. The van der Waals surface area contributed by atoms with Crippen LogP contribution in [0.15, 0.2) is 6.08 Å². The molecule has 1 unspecified atom stereocenters. The highest BCUT2D eigenvalue weighted by Gasteiger charge is 2.22. The quantitative estimate of drug-likeness (QED) is 0.793. The van der Waals surface area contributed by atoms with Crippen LogP contribution in [-0.4, -0.2) is 21.3 Å². The molecule has 1 aromatic heterocycles. The van der Waals surface area contributed by atoms with Gasteiger partial charge in [0.25, 0.3) is 0 Å². The van der Waals surface area contributed by atoms with E-state index in [1.165, 1.54) is 11.3 Å². The first-order valence-corrected chi connectivity index (χ1v) is 5.49. The van der Waals surface area contributed by atoms with Crippen molar-refractivity contribution in [2.45, 2.75) is 19.3 Å². The second-order valence-electron chi connectivity index (χ2n) is 3.48. The van der Waals surface area contributed by atoms with Gasteiger partial charge in [-0.1, -0.05) is 17.4 Å². The lowest BCUT2D eigenvalue weighted by Crippen LogP contribution is -2.15. The Balaban J connectivity index is 2.11. The Hall–Kier alpha value is -1.43. The van der Waals surface area contributed by atoms with Gasteiger partial charge < -0.3 is 10.8 Å². The number of hydrogen-bond acceptors (Lipinski definition) is 5. The molecule has 1 atom stereocenters. The summed E-state index contributed by atoms with van der Waals surface area (Å²) in [6, 6.07) is 0. The summed E-state index contributed by atoms with van der Waals surface area (Å²) in [7, 11) is 0. The van der Waals surface area contributed by atoms with Gasteiger partial charge in [0.15, 0.2) is 0 Å². The zero-order valence-electron chi connectivity index (χ0n) is 8.01. The van der Waals surface area contributed by atoms with Gasteiger partial charge in [0, 0.05) is 0 Å². The molecule has 1 heterocycles. The van der Waals surface area contributed by atoms with Crippen molar-refractivity contribution in [2.24, 2.45) is 5.92 Å². The summed E-state index contributed by atoms with van der Waals surface area (Å²) in [5.41, 5.74) is 6.56. The van der Waals surface area contributed by atoms with Gasteiger partial charge in [-0.05, 0) is 24.8 Å². The number of aliphatic carboxylic acids is 1. The number of carbonyl (C=O) groups is 1. The van der Waals surface area contributed by atoms with Gasteiger partial charge in [0.2, 0.25) is 5.13 Å². The maximum Gasteiger partial charge on any atom is 0.306 e. The average Bonchev–Trinajstić information content (AvgIpc) is 2.65. The van der Waals surface area contributed by atoms with Crippen LogP contribution in [0.5, 0.6) is 0 Å². The largest absolute Gasteiger partial charge is 0.481 e. The number of allylic oxidation sites excluding steroid dienone is 2. The normalized spacial score (nSPS) is 21.1. The van der Waals surface area contributed by atoms with E-state index in [1.54, 1.807) is 0 Å². The molecule has 5 nitrogen and oxygen atoms in total. The van der Waals surface area contributed by atoms with E-state index in [0.717, 1.165) is 17.0 Å². The molecule has 1 aliphatic carbocycles. The smallest absolute Gasteiger partial charge is 0.306 e. The fraction of sp³-hybridized carbons (Fsp3) is 0.444. The predicted octanol–water partition coefficient (Wildman–Crippen LogP) is 1.39. The number of anilines is 1. The maximum absolute atomic E-state index is 10.7. The highest BCUT2D eigenvalue weighted by molar-refractivity contribution is 7.16. The van der Waals surface area contributed by atoms with Gasteiger partial charge in [-0.25, -0.2) is 0 Å². The van der Waals surface area contributed by atoms with E-state index in [1.807, 2.05) is 6.08 Å². The summed E-state index contributed by atoms with van der Waals surface area (Å²) in [5, 5.41) is 17.8. The van der Waals surface area contributed by atoms with Gasteiger partial charge in [-0.3, -0.25) is 4.79 Å². The Kier molecular flexibility index (Phi) is 2.68. The van der Waals surface area contributed by atoms with Gasteiger partial charge in [-0.15, -0.1) is 10.2 Å². The Labute approximate surface area is 90.6 Å². The Morgan fingerprint density at radius 1 is 1.60 bits per heavy atom.